The quantitative estimate of drug-likeness (QED) is 0.592. The highest BCUT2D eigenvalue weighted by Gasteiger charge is 2.30. The first-order valence-corrected chi connectivity index (χ1v) is 10.3. The molecule has 0 atom stereocenters. The number of hydrogen-bond acceptors (Lipinski definition) is 3. The molecule has 1 heterocycles. The minimum atomic E-state index is -1.61. The van der Waals surface area contributed by atoms with Crippen LogP contribution in [0.5, 0.6) is 0 Å². The molecule has 0 saturated carbocycles. The molecule has 1 aliphatic rings. The summed E-state index contributed by atoms with van der Waals surface area (Å²) in [5.74, 6) is 0.218. The van der Waals surface area contributed by atoms with Crippen LogP contribution in [0.2, 0.25) is 19.1 Å². The maximum absolute atomic E-state index is 12.1. The van der Waals surface area contributed by atoms with Gasteiger partial charge in [-0.15, -0.1) is 12.0 Å². The molecule has 0 aliphatic carbocycles. The van der Waals surface area contributed by atoms with Crippen LogP contribution < -0.4 is 0 Å². The number of likely N-dealkylation sites (tertiary alicyclic amines) is 1. The van der Waals surface area contributed by atoms with E-state index in [4.69, 9.17) is 11.2 Å². The van der Waals surface area contributed by atoms with E-state index in [1.54, 1.807) is 4.90 Å². The summed E-state index contributed by atoms with van der Waals surface area (Å²) >= 11 is 0. The van der Waals surface area contributed by atoms with Gasteiger partial charge in [0.25, 0.3) is 0 Å². The van der Waals surface area contributed by atoms with Gasteiger partial charge in [-0.1, -0.05) is 13.1 Å². The SMILES string of the molecule is C#C[Si](C)(C)CCC(C)(C)OC(=O)N1CCC(=O)CC1. The molecule has 5 heteroatoms. The summed E-state index contributed by atoms with van der Waals surface area (Å²) in [7, 11) is -1.61. The molecule has 0 radical (unpaired) electrons. The van der Waals surface area contributed by atoms with Gasteiger partial charge in [0.2, 0.25) is 0 Å². The number of hydrogen-bond donors (Lipinski definition) is 0. The third-order valence-electron chi connectivity index (χ3n) is 3.69. The van der Waals surface area contributed by atoms with Gasteiger partial charge in [-0.05, 0) is 26.3 Å². The summed E-state index contributed by atoms with van der Waals surface area (Å²) in [5.41, 5.74) is 2.37. The second-order valence-corrected chi connectivity index (χ2v) is 11.2. The Bertz CT molecular complexity index is 413. The fourth-order valence-electron chi connectivity index (χ4n) is 1.98. The fraction of sp³-hybridized carbons (Fsp3) is 0.733. The molecule has 112 valence electrons. The predicted molar refractivity (Wildman–Crippen MR) is 82.1 cm³/mol. The van der Waals surface area contributed by atoms with E-state index in [0.29, 0.717) is 25.9 Å². The molecule has 1 rings (SSSR count). The maximum atomic E-state index is 12.1. The number of Topliss-reactive ketones (excluding diaryl/α,β-unsaturated/α-hetero) is 1. The van der Waals surface area contributed by atoms with Crippen LogP contribution in [0.15, 0.2) is 0 Å². The zero-order valence-corrected chi connectivity index (χ0v) is 14.0. The van der Waals surface area contributed by atoms with E-state index in [9.17, 15) is 9.59 Å². The number of ether oxygens (including phenoxy) is 1. The topological polar surface area (TPSA) is 46.6 Å². The second kappa shape index (κ2) is 6.44. The lowest BCUT2D eigenvalue weighted by Crippen LogP contribution is -2.43. The van der Waals surface area contributed by atoms with Crippen LogP contribution >= 0.6 is 0 Å². The standard InChI is InChI=1S/C15H25NO3Si/c1-6-20(4,5)12-9-15(2,3)19-14(18)16-10-7-13(17)8-11-16/h1H,7-12H2,2-5H3. The van der Waals surface area contributed by atoms with E-state index in [2.05, 4.69) is 18.6 Å². The first-order chi connectivity index (χ1) is 9.15. The molecular formula is C15H25NO3Si. The van der Waals surface area contributed by atoms with Crippen LogP contribution in [0.3, 0.4) is 0 Å². The molecule has 1 saturated heterocycles. The lowest BCUT2D eigenvalue weighted by molar-refractivity contribution is -0.121. The minimum Gasteiger partial charge on any atom is -0.443 e. The highest BCUT2D eigenvalue weighted by molar-refractivity contribution is 6.84. The molecule has 0 aromatic rings. The Hall–Kier alpha value is -1.28. The number of amides is 1. The lowest BCUT2D eigenvalue weighted by atomic mass is 10.1. The first-order valence-electron chi connectivity index (χ1n) is 7.13. The molecule has 4 nitrogen and oxygen atoms in total. The first kappa shape index (κ1) is 16.8. The summed E-state index contributed by atoms with van der Waals surface area (Å²) < 4.78 is 5.58. The number of piperidine rings is 1. The molecular weight excluding hydrogens is 270 g/mol. The van der Waals surface area contributed by atoms with Gasteiger partial charge in [0.15, 0.2) is 0 Å². The van der Waals surface area contributed by atoms with Crippen molar-refractivity contribution >= 4 is 20.0 Å². The summed E-state index contributed by atoms with van der Waals surface area (Å²) in [6, 6.07) is 0.933. The van der Waals surface area contributed by atoms with Crippen LogP contribution in [-0.2, 0) is 9.53 Å². The van der Waals surface area contributed by atoms with Crippen molar-refractivity contribution in [3.05, 3.63) is 0 Å². The van der Waals surface area contributed by atoms with Crippen molar-refractivity contribution in [3.63, 3.8) is 0 Å². The van der Waals surface area contributed by atoms with Crippen molar-refractivity contribution in [1.82, 2.24) is 4.90 Å². The van der Waals surface area contributed by atoms with Crippen molar-refractivity contribution < 1.29 is 14.3 Å². The lowest BCUT2D eigenvalue weighted by Gasteiger charge is -2.32. The normalized spacial score (nSPS) is 16.8. The van der Waals surface area contributed by atoms with Crippen LogP contribution in [0, 0.1) is 12.0 Å². The number of carbonyl (C=O) groups is 2. The zero-order chi connectivity index (χ0) is 15.4. The molecule has 0 unspecified atom stereocenters. The second-order valence-electron chi connectivity index (χ2n) is 6.68. The molecule has 1 aliphatic heterocycles. The van der Waals surface area contributed by atoms with E-state index < -0.39 is 13.7 Å². The van der Waals surface area contributed by atoms with Gasteiger partial charge < -0.3 is 9.64 Å². The van der Waals surface area contributed by atoms with E-state index >= 15 is 0 Å². The third kappa shape index (κ3) is 5.38. The number of carbonyl (C=O) groups excluding carboxylic acids is 2. The Balaban J connectivity index is 2.47. The highest BCUT2D eigenvalue weighted by Crippen LogP contribution is 2.23. The summed E-state index contributed by atoms with van der Waals surface area (Å²) in [4.78, 5) is 24.9. The van der Waals surface area contributed by atoms with Crippen LogP contribution in [-0.4, -0.2) is 43.5 Å². The Morgan fingerprint density at radius 2 is 1.95 bits per heavy atom. The number of nitrogens with zero attached hydrogens (tertiary/aromatic N) is 1. The molecule has 0 bridgehead atoms. The highest BCUT2D eigenvalue weighted by atomic mass is 28.3. The van der Waals surface area contributed by atoms with Gasteiger partial charge in [0.05, 0.1) is 0 Å². The van der Waals surface area contributed by atoms with Crippen molar-refractivity contribution in [2.24, 2.45) is 0 Å². The van der Waals surface area contributed by atoms with Crippen molar-refractivity contribution in [1.29, 1.82) is 0 Å². The molecule has 0 aromatic heterocycles. The van der Waals surface area contributed by atoms with Crippen molar-refractivity contribution in [2.75, 3.05) is 13.1 Å². The van der Waals surface area contributed by atoms with Gasteiger partial charge >= 0.3 is 6.09 Å². The number of rotatable bonds is 4. The average Bonchev–Trinajstić information content (AvgIpc) is 2.37. The Morgan fingerprint density at radius 3 is 2.45 bits per heavy atom. The van der Waals surface area contributed by atoms with Crippen LogP contribution in [0.1, 0.15) is 33.1 Å². The van der Waals surface area contributed by atoms with E-state index in [1.807, 2.05) is 13.8 Å². The molecule has 1 fully saturated rings. The predicted octanol–water partition coefficient (Wildman–Crippen LogP) is 2.84. The molecule has 0 N–H and O–H groups in total. The van der Waals surface area contributed by atoms with Crippen molar-refractivity contribution in [3.8, 4) is 12.0 Å². The van der Waals surface area contributed by atoms with E-state index in [0.717, 1.165) is 12.5 Å². The van der Waals surface area contributed by atoms with E-state index in [1.165, 1.54) is 0 Å². The van der Waals surface area contributed by atoms with Crippen LogP contribution in [0.4, 0.5) is 4.79 Å². The average molecular weight is 295 g/mol. The molecule has 0 aromatic carbocycles. The van der Waals surface area contributed by atoms with Gasteiger partial charge in [0, 0.05) is 25.9 Å². The van der Waals surface area contributed by atoms with Gasteiger partial charge in [-0.25, -0.2) is 4.79 Å². The summed E-state index contributed by atoms with van der Waals surface area (Å²) in [6.45, 7) is 9.06. The minimum absolute atomic E-state index is 0.218. The largest absolute Gasteiger partial charge is 0.443 e. The zero-order valence-electron chi connectivity index (χ0n) is 13.0. The maximum Gasteiger partial charge on any atom is 0.410 e. The van der Waals surface area contributed by atoms with E-state index in [-0.39, 0.29) is 11.9 Å². The van der Waals surface area contributed by atoms with Gasteiger partial charge in [-0.2, -0.15) is 0 Å². The Labute approximate surface area is 122 Å². The van der Waals surface area contributed by atoms with Crippen molar-refractivity contribution in [2.45, 2.75) is 57.8 Å². The molecule has 20 heavy (non-hydrogen) atoms. The monoisotopic (exact) mass is 295 g/mol. The summed E-state index contributed by atoms with van der Waals surface area (Å²) in [6.07, 6.45) is 6.86. The molecule has 1 amide bonds. The third-order valence-corrected chi connectivity index (χ3v) is 5.97. The number of terminal acetylenes is 1. The Morgan fingerprint density at radius 1 is 1.40 bits per heavy atom. The van der Waals surface area contributed by atoms with Crippen LogP contribution in [0.25, 0.3) is 0 Å². The Kier molecular flexibility index (Phi) is 5.40. The fourth-order valence-corrected chi connectivity index (χ4v) is 3.35. The van der Waals surface area contributed by atoms with Gasteiger partial charge in [0.1, 0.15) is 19.5 Å². The molecule has 0 spiro atoms. The summed E-state index contributed by atoms with van der Waals surface area (Å²) in [5, 5.41) is 0. The number of ketones is 1. The van der Waals surface area contributed by atoms with Gasteiger partial charge in [-0.3, -0.25) is 4.79 Å². The smallest absolute Gasteiger partial charge is 0.410 e.